The van der Waals surface area contributed by atoms with Crippen molar-refractivity contribution in [2.24, 2.45) is 0 Å². The molecule has 2 aromatic rings. The second-order valence-electron chi connectivity index (χ2n) is 8.59. The number of fused-ring (bicyclic) bond motifs is 2. The number of nitrogens with zero attached hydrogens (tertiary/aromatic N) is 3. The van der Waals surface area contributed by atoms with Gasteiger partial charge in [0.1, 0.15) is 5.75 Å². The monoisotopic (exact) mass is 421 g/mol. The number of hydrogen-bond donors (Lipinski definition) is 0. The number of methoxy groups -OCH3 is 1. The number of piperazine rings is 1. The Morgan fingerprint density at radius 3 is 2.45 bits per heavy atom. The van der Waals surface area contributed by atoms with Gasteiger partial charge in [0.15, 0.2) is 0 Å². The van der Waals surface area contributed by atoms with Gasteiger partial charge in [0.05, 0.1) is 31.9 Å². The Morgan fingerprint density at radius 1 is 0.968 bits per heavy atom. The van der Waals surface area contributed by atoms with Crippen LogP contribution >= 0.6 is 0 Å². The molecule has 31 heavy (non-hydrogen) atoms. The van der Waals surface area contributed by atoms with Gasteiger partial charge in [-0.05, 0) is 30.3 Å². The average molecular weight is 421 g/mol. The molecule has 0 aromatic heterocycles. The molecular formula is C24H27N3O4. The minimum atomic E-state index is -0.217. The van der Waals surface area contributed by atoms with Crippen molar-refractivity contribution < 1.29 is 19.1 Å². The van der Waals surface area contributed by atoms with Gasteiger partial charge in [-0.15, -0.1) is 0 Å². The van der Waals surface area contributed by atoms with Crippen molar-refractivity contribution in [3.63, 3.8) is 0 Å². The number of likely N-dealkylation sites (tertiary alicyclic amines) is 1. The van der Waals surface area contributed by atoms with Crippen LogP contribution in [-0.2, 0) is 4.74 Å². The molecule has 3 aliphatic rings. The lowest BCUT2D eigenvalue weighted by Gasteiger charge is -2.63. The maximum Gasteiger partial charge on any atom is 0.254 e. The van der Waals surface area contributed by atoms with Crippen LogP contribution in [0.25, 0.3) is 0 Å². The zero-order valence-corrected chi connectivity index (χ0v) is 17.7. The van der Waals surface area contributed by atoms with E-state index in [1.807, 2.05) is 58.3 Å². The third-order valence-electron chi connectivity index (χ3n) is 6.64. The summed E-state index contributed by atoms with van der Waals surface area (Å²) in [6.45, 7) is 4.62. The third-order valence-corrected chi connectivity index (χ3v) is 6.64. The smallest absolute Gasteiger partial charge is 0.254 e. The lowest BCUT2D eigenvalue weighted by Crippen LogP contribution is -2.81. The Bertz CT molecular complexity index is 974. The Labute approximate surface area is 182 Å². The van der Waals surface area contributed by atoms with Crippen LogP contribution in [0.4, 0.5) is 0 Å². The van der Waals surface area contributed by atoms with E-state index in [0.717, 1.165) is 6.54 Å². The molecule has 3 saturated heterocycles. The van der Waals surface area contributed by atoms with Crippen molar-refractivity contribution in [2.45, 2.75) is 11.6 Å². The van der Waals surface area contributed by atoms with Crippen LogP contribution in [-0.4, -0.2) is 91.1 Å². The summed E-state index contributed by atoms with van der Waals surface area (Å²) in [5.74, 6) is 0.715. The molecule has 0 unspecified atom stereocenters. The first kappa shape index (κ1) is 20.0. The number of morpholine rings is 1. The van der Waals surface area contributed by atoms with Gasteiger partial charge in [0.25, 0.3) is 11.8 Å². The zero-order valence-electron chi connectivity index (χ0n) is 17.7. The van der Waals surface area contributed by atoms with E-state index in [4.69, 9.17) is 9.47 Å². The molecule has 0 aliphatic carbocycles. The summed E-state index contributed by atoms with van der Waals surface area (Å²) in [5, 5.41) is 0. The van der Waals surface area contributed by atoms with Crippen molar-refractivity contribution in [3.05, 3.63) is 65.7 Å². The Kier molecular flexibility index (Phi) is 5.16. The molecule has 7 heteroatoms. The van der Waals surface area contributed by atoms with E-state index in [-0.39, 0.29) is 23.4 Å². The molecule has 3 heterocycles. The highest BCUT2D eigenvalue weighted by molar-refractivity contribution is 5.96. The van der Waals surface area contributed by atoms with E-state index in [0.29, 0.717) is 56.3 Å². The SMILES string of the molecule is COc1cccc(C(=O)N2C[C@@H]3COCCN3C3(C2)CN(C(=O)c2ccccc2)C3)c1. The van der Waals surface area contributed by atoms with Crippen LogP contribution < -0.4 is 4.74 Å². The molecule has 7 nitrogen and oxygen atoms in total. The van der Waals surface area contributed by atoms with Crippen LogP contribution in [0.5, 0.6) is 5.75 Å². The molecule has 0 N–H and O–H groups in total. The quantitative estimate of drug-likeness (QED) is 0.756. The van der Waals surface area contributed by atoms with Crippen LogP contribution in [0, 0.1) is 0 Å². The molecule has 1 spiro atoms. The first-order valence-electron chi connectivity index (χ1n) is 10.7. The molecule has 3 aliphatic heterocycles. The van der Waals surface area contributed by atoms with Gasteiger partial charge in [-0.3, -0.25) is 14.5 Å². The number of hydrogen-bond acceptors (Lipinski definition) is 5. The summed E-state index contributed by atoms with van der Waals surface area (Å²) in [4.78, 5) is 32.5. The highest BCUT2D eigenvalue weighted by Gasteiger charge is 2.56. The van der Waals surface area contributed by atoms with Crippen LogP contribution in [0.15, 0.2) is 54.6 Å². The number of rotatable bonds is 3. The van der Waals surface area contributed by atoms with Crippen molar-refractivity contribution in [3.8, 4) is 5.75 Å². The average Bonchev–Trinajstić information content (AvgIpc) is 2.81. The molecule has 3 fully saturated rings. The molecule has 162 valence electrons. The molecular weight excluding hydrogens is 394 g/mol. The van der Waals surface area contributed by atoms with E-state index >= 15 is 0 Å². The van der Waals surface area contributed by atoms with Gasteiger partial charge in [-0.2, -0.15) is 0 Å². The van der Waals surface area contributed by atoms with E-state index < -0.39 is 0 Å². The fraction of sp³-hybridized carbons (Fsp3) is 0.417. The number of carbonyl (C=O) groups excluding carboxylic acids is 2. The Hall–Kier alpha value is -2.90. The lowest BCUT2D eigenvalue weighted by atomic mass is 9.82. The fourth-order valence-corrected chi connectivity index (χ4v) is 5.14. The van der Waals surface area contributed by atoms with Gasteiger partial charge >= 0.3 is 0 Å². The molecule has 5 rings (SSSR count). The first-order chi connectivity index (χ1) is 15.1. The molecule has 1 atom stereocenters. The van der Waals surface area contributed by atoms with Gasteiger partial charge in [-0.1, -0.05) is 24.3 Å². The van der Waals surface area contributed by atoms with E-state index in [1.54, 1.807) is 13.2 Å². The summed E-state index contributed by atoms with van der Waals surface area (Å²) in [6.07, 6.45) is 0. The predicted octanol–water partition coefficient (Wildman–Crippen LogP) is 1.75. The maximum absolute atomic E-state index is 13.3. The van der Waals surface area contributed by atoms with E-state index in [2.05, 4.69) is 4.90 Å². The normalized spacial score (nSPS) is 22.5. The number of ether oxygens (including phenoxy) is 2. The molecule has 2 aromatic carbocycles. The van der Waals surface area contributed by atoms with E-state index in [1.165, 1.54) is 0 Å². The minimum Gasteiger partial charge on any atom is -0.497 e. The minimum absolute atomic E-state index is 0.00339. The van der Waals surface area contributed by atoms with Crippen molar-refractivity contribution in [1.82, 2.24) is 14.7 Å². The first-order valence-corrected chi connectivity index (χ1v) is 10.7. The highest BCUT2D eigenvalue weighted by Crippen LogP contribution is 2.37. The fourth-order valence-electron chi connectivity index (χ4n) is 5.14. The standard InChI is InChI=1S/C24H27N3O4/c1-30-21-9-5-8-19(12-21)23(29)25-13-20-14-31-11-10-27(20)24(15-25)16-26(17-24)22(28)18-6-3-2-4-7-18/h2-9,12,20H,10-11,13-17H2,1H3/t20-/m1/s1. The molecule has 0 saturated carbocycles. The van der Waals surface area contributed by atoms with Crippen LogP contribution in [0.3, 0.4) is 0 Å². The number of benzene rings is 2. The summed E-state index contributed by atoms with van der Waals surface area (Å²) in [5.41, 5.74) is 1.11. The van der Waals surface area contributed by atoms with Crippen LogP contribution in [0.2, 0.25) is 0 Å². The summed E-state index contributed by atoms with van der Waals surface area (Å²) < 4.78 is 11.0. The largest absolute Gasteiger partial charge is 0.497 e. The van der Waals surface area contributed by atoms with Crippen LogP contribution in [0.1, 0.15) is 20.7 Å². The Balaban J connectivity index is 1.36. The highest BCUT2D eigenvalue weighted by atomic mass is 16.5. The second-order valence-corrected chi connectivity index (χ2v) is 8.59. The van der Waals surface area contributed by atoms with Gasteiger partial charge in [-0.25, -0.2) is 0 Å². The molecule has 2 amide bonds. The van der Waals surface area contributed by atoms with Gasteiger partial charge < -0.3 is 19.3 Å². The van der Waals surface area contributed by atoms with Gasteiger partial charge in [0, 0.05) is 43.9 Å². The zero-order chi connectivity index (χ0) is 21.4. The lowest BCUT2D eigenvalue weighted by molar-refractivity contribution is -0.148. The predicted molar refractivity (Wildman–Crippen MR) is 115 cm³/mol. The summed E-state index contributed by atoms with van der Waals surface area (Å²) in [6, 6.07) is 16.8. The number of amides is 2. The van der Waals surface area contributed by atoms with E-state index in [9.17, 15) is 9.59 Å². The third kappa shape index (κ3) is 3.58. The van der Waals surface area contributed by atoms with Crippen molar-refractivity contribution in [2.75, 3.05) is 53.0 Å². The molecule has 0 bridgehead atoms. The second kappa shape index (κ2) is 7.98. The number of carbonyl (C=O) groups is 2. The van der Waals surface area contributed by atoms with Crippen molar-refractivity contribution >= 4 is 11.8 Å². The Morgan fingerprint density at radius 2 is 1.68 bits per heavy atom. The maximum atomic E-state index is 13.3. The van der Waals surface area contributed by atoms with Gasteiger partial charge in [0.2, 0.25) is 0 Å². The van der Waals surface area contributed by atoms with Crippen molar-refractivity contribution in [1.29, 1.82) is 0 Å². The topological polar surface area (TPSA) is 62.3 Å². The molecule has 0 radical (unpaired) electrons. The summed E-state index contributed by atoms with van der Waals surface area (Å²) in [7, 11) is 1.60. The summed E-state index contributed by atoms with van der Waals surface area (Å²) >= 11 is 0.